The molecule has 1 aromatic heterocycles. The molecule has 1 aromatic carbocycles. The molecule has 0 spiro atoms. The summed E-state index contributed by atoms with van der Waals surface area (Å²) in [5.41, 5.74) is 1.81. The lowest BCUT2D eigenvalue weighted by Crippen LogP contribution is -2.60. The predicted octanol–water partition coefficient (Wildman–Crippen LogP) is 3.22. The van der Waals surface area contributed by atoms with Crippen LogP contribution < -0.4 is 10.6 Å². The summed E-state index contributed by atoms with van der Waals surface area (Å²) in [6.07, 6.45) is 8.72. The second-order valence-corrected chi connectivity index (χ2v) is 8.64. The van der Waals surface area contributed by atoms with Gasteiger partial charge in [-0.1, -0.05) is 19.3 Å². The fraction of sp³-hybridized carbons (Fsp3) is 0.583. The Balaban J connectivity index is 1.28. The summed E-state index contributed by atoms with van der Waals surface area (Å²) in [6, 6.07) is 6.16. The Kier molecular flexibility index (Phi) is 7.76. The molecule has 2 fully saturated rings. The molecule has 0 radical (unpaired) electrons. The molecule has 1 aliphatic carbocycles. The highest BCUT2D eigenvalue weighted by molar-refractivity contribution is 5.79. The summed E-state index contributed by atoms with van der Waals surface area (Å²) in [5, 5.41) is 6.98. The number of nitrogens with zero attached hydrogens (tertiary/aromatic N) is 3. The molecule has 2 aliphatic rings. The van der Waals surface area contributed by atoms with Gasteiger partial charge in [0.15, 0.2) is 5.96 Å². The van der Waals surface area contributed by atoms with Crippen LogP contribution in [0, 0.1) is 5.82 Å². The summed E-state index contributed by atoms with van der Waals surface area (Å²) in [5.74, 6) is 1.05. The Morgan fingerprint density at radius 2 is 1.88 bits per heavy atom. The fourth-order valence-electron chi connectivity index (χ4n) is 4.78. The molecule has 1 saturated carbocycles. The molecule has 4 rings (SSSR count). The number of nitrogens with one attached hydrogen (secondary N) is 2. The zero-order valence-corrected chi connectivity index (χ0v) is 18.9. The van der Waals surface area contributed by atoms with E-state index in [1.165, 1.54) is 44.2 Å². The molecule has 2 N–H and O–H groups in total. The zero-order chi connectivity index (χ0) is 22.2. The van der Waals surface area contributed by atoms with Gasteiger partial charge in [0.2, 0.25) is 5.89 Å². The van der Waals surface area contributed by atoms with Crippen molar-refractivity contribution < 1.29 is 13.5 Å². The highest BCUT2D eigenvalue weighted by Crippen LogP contribution is 2.33. The van der Waals surface area contributed by atoms with Gasteiger partial charge < -0.3 is 19.8 Å². The lowest BCUT2D eigenvalue weighted by Gasteiger charge is -2.48. The van der Waals surface area contributed by atoms with Crippen LogP contribution in [0.2, 0.25) is 0 Å². The van der Waals surface area contributed by atoms with Crippen molar-refractivity contribution in [2.45, 2.75) is 44.1 Å². The van der Waals surface area contributed by atoms with Crippen LogP contribution in [0.15, 0.2) is 39.9 Å². The topological polar surface area (TPSA) is 74.9 Å². The van der Waals surface area contributed by atoms with Crippen molar-refractivity contribution in [3.8, 4) is 11.5 Å². The number of hydrogen-bond donors (Lipinski definition) is 2. The lowest BCUT2D eigenvalue weighted by atomic mass is 9.80. The highest BCUT2D eigenvalue weighted by Gasteiger charge is 2.38. The Bertz CT molecular complexity index is 871. The van der Waals surface area contributed by atoms with Crippen molar-refractivity contribution >= 4 is 5.96 Å². The highest BCUT2D eigenvalue weighted by atomic mass is 19.1. The third kappa shape index (κ3) is 5.66. The summed E-state index contributed by atoms with van der Waals surface area (Å²) >= 11 is 0. The Morgan fingerprint density at radius 3 is 2.59 bits per heavy atom. The van der Waals surface area contributed by atoms with Crippen LogP contribution in [0.1, 0.15) is 37.8 Å². The molecular formula is C24H34FN5O2. The van der Waals surface area contributed by atoms with Gasteiger partial charge in [-0.15, -0.1) is 0 Å². The summed E-state index contributed by atoms with van der Waals surface area (Å²) < 4.78 is 24.3. The van der Waals surface area contributed by atoms with E-state index in [1.54, 1.807) is 25.4 Å². The minimum Gasteiger partial charge on any atom is -0.444 e. The molecule has 1 aliphatic heterocycles. The maximum Gasteiger partial charge on any atom is 0.226 e. The second-order valence-electron chi connectivity index (χ2n) is 8.64. The average Bonchev–Trinajstić information content (AvgIpc) is 3.32. The number of rotatable bonds is 7. The molecule has 32 heavy (non-hydrogen) atoms. The number of hydrogen-bond acceptors (Lipinski definition) is 5. The molecule has 0 amide bonds. The van der Waals surface area contributed by atoms with E-state index < -0.39 is 0 Å². The minimum atomic E-state index is -0.271. The number of aliphatic imine (C=N–C) groups is 1. The minimum absolute atomic E-state index is 0.190. The smallest absolute Gasteiger partial charge is 0.226 e. The summed E-state index contributed by atoms with van der Waals surface area (Å²) in [4.78, 5) is 11.6. The van der Waals surface area contributed by atoms with E-state index in [1.807, 2.05) is 0 Å². The third-order valence-electron chi connectivity index (χ3n) is 6.59. The maximum atomic E-state index is 13.1. The van der Waals surface area contributed by atoms with Crippen LogP contribution in [0.5, 0.6) is 0 Å². The van der Waals surface area contributed by atoms with Crippen LogP contribution in [-0.4, -0.2) is 67.8 Å². The van der Waals surface area contributed by atoms with E-state index in [9.17, 15) is 4.39 Å². The molecule has 0 unspecified atom stereocenters. The van der Waals surface area contributed by atoms with Crippen LogP contribution in [0.25, 0.3) is 11.5 Å². The first-order valence-electron chi connectivity index (χ1n) is 11.7. The van der Waals surface area contributed by atoms with Gasteiger partial charge in [-0.3, -0.25) is 9.89 Å². The van der Waals surface area contributed by atoms with Crippen molar-refractivity contribution in [1.29, 1.82) is 0 Å². The number of aromatic nitrogens is 1. The normalized spacial score (nSPS) is 19.6. The van der Waals surface area contributed by atoms with Gasteiger partial charge in [0, 0.05) is 50.7 Å². The third-order valence-corrected chi connectivity index (χ3v) is 6.59. The van der Waals surface area contributed by atoms with Gasteiger partial charge in [0.1, 0.15) is 12.1 Å². The Hall–Kier alpha value is -2.45. The standard InChI is InChI=1S/C24H34FN5O2/c1-26-23(28-18-24(10-3-2-4-11-24)30-13-15-31-16-14-30)27-12-9-21-17-32-22(29-21)19-5-7-20(25)8-6-19/h5-8,17H,2-4,9-16,18H2,1H3,(H2,26,27,28). The number of oxazole rings is 1. The second kappa shape index (κ2) is 10.9. The monoisotopic (exact) mass is 443 g/mol. The van der Waals surface area contributed by atoms with Gasteiger partial charge in [0.05, 0.1) is 18.9 Å². The van der Waals surface area contributed by atoms with E-state index in [0.717, 1.165) is 50.1 Å². The molecule has 0 bridgehead atoms. The van der Waals surface area contributed by atoms with Crippen molar-refractivity contribution in [2.24, 2.45) is 4.99 Å². The molecule has 174 valence electrons. The summed E-state index contributed by atoms with van der Waals surface area (Å²) in [6.45, 7) is 5.26. The van der Waals surface area contributed by atoms with Crippen molar-refractivity contribution in [2.75, 3.05) is 46.4 Å². The zero-order valence-electron chi connectivity index (χ0n) is 18.9. The number of morpholine rings is 1. The van der Waals surface area contributed by atoms with Crippen LogP contribution >= 0.6 is 0 Å². The first kappa shape index (κ1) is 22.7. The van der Waals surface area contributed by atoms with Gasteiger partial charge in [-0.2, -0.15) is 0 Å². The molecule has 7 nitrogen and oxygen atoms in total. The molecule has 1 saturated heterocycles. The first-order valence-corrected chi connectivity index (χ1v) is 11.7. The Morgan fingerprint density at radius 1 is 1.12 bits per heavy atom. The number of benzene rings is 1. The molecule has 8 heteroatoms. The van der Waals surface area contributed by atoms with E-state index in [4.69, 9.17) is 9.15 Å². The van der Waals surface area contributed by atoms with E-state index in [2.05, 4.69) is 25.5 Å². The Labute approximate surface area is 189 Å². The maximum absolute atomic E-state index is 13.1. The van der Waals surface area contributed by atoms with E-state index in [0.29, 0.717) is 18.9 Å². The van der Waals surface area contributed by atoms with Gasteiger partial charge in [-0.05, 0) is 37.1 Å². The number of halogens is 1. The lowest BCUT2D eigenvalue weighted by molar-refractivity contribution is -0.0352. The van der Waals surface area contributed by atoms with Crippen molar-refractivity contribution in [1.82, 2.24) is 20.5 Å². The molecule has 0 atom stereocenters. The summed E-state index contributed by atoms with van der Waals surface area (Å²) in [7, 11) is 1.81. The van der Waals surface area contributed by atoms with Crippen molar-refractivity contribution in [3.63, 3.8) is 0 Å². The molecule has 2 aromatic rings. The van der Waals surface area contributed by atoms with Crippen LogP contribution in [0.3, 0.4) is 0 Å². The fourth-order valence-corrected chi connectivity index (χ4v) is 4.78. The van der Waals surface area contributed by atoms with Gasteiger partial charge >= 0.3 is 0 Å². The predicted molar refractivity (Wildman–Crippen MR) is 123 cm³/mol. The number of ether oxygens (including phenoxy) is 1. The molecule has 2 heterocycles. The van der Waals surface area contributed by atoms with Gasteiger partial charge in [0.25, 0.3) is 0 Å². The average molecular weight is 444 g/mol. The van der Waals surface area contributed by atoms with Crippen LogP contribution in [-0.2, 0) is 11.2 Å². The quantitative estimate of drug-likeness (QED) is 0.506. The molecular weight excluding hydrogens is 409 g/mol. The first-order chi connectivity index (χ1) is 15.7. The van der Waals surface area contributed by atoms with E-state index in [-0.39, 0.29) is 11.4 Å². The number of guanidine groups is 1. The largest absolute Gasteiger partial charge is 0.444 e. The van der Waals surface area contributed by atoms with E-state index >= 15 is 0 Å². The van der Waals surface area contributed by atoms with Gasteiger partial charge in [-0.25, -0.2) is 9.37 Å². The van der Waals surface area contributed by atoms with Crippen LogP contribution in [0.4, 0.5) is 4.39 Å². The SMILES string of the molecule is CN=C(NCCc1coc(-c2ccc(F)cc2)n1)NCC1(N2CCOCC2)CCCCC1. The van der Waals surface area contributed by atoms with Crippen molar-refractivity contribution in [3.05, 3.63) is 42.0 Å².